The van der Waals surface area contributed by atoms with E-state index in [0.717, 1.165) is 12.3 Å². The van der Waals surface area contributed by atoms with Crippen molar-refractivity contribution in [2.24, 2.45) is 0 Å². The molecule has 0 radical (unpaired) electrons. The number of halogens is 2. The standard InChI is InChI=1S/C11H8BrFN4O/c12-6-1-9(10(14)16-3-6)11(18)17-8-2-7(13)4-15-5-8/h1-5H,(H2,14,16)(H,17,18). The van der Waals surface area contributed by atoms with Gasteiger partial charge in [-0.05, 0) is 22.0 Å². The lowest BCUT2D eigenvalue weighted by Crippen LogP contribution is -2.15. The molecule has 0 saturated heterocycles. The number of nitrogens with one attached hydrogen (secondary N) is 1. The van der Waals surface area contributed by atoms with Gasteiger partial charge in [0.05, 0.1) is 23.6 Å². The molecule has 92 valence electrons. The molecule has 0 spiro atoms. The van der Waals surface area contributed by atoms with Crippen LogP contribution in [0, 0.1) is 5.82 Å². The Bertz CT molecular complexity index is 605. The second-order valence-corrected chi connectivity index (χ2v) is 4.35. The minimum atomic E-state index is -0.534. The maximum atomic E-state index is 12.9. The molecule has 2 heterocycles. The van der Waals surface area contributed by atoms with Gasteiger partial charge in [0, 0.05) is 16.7 Å². The van der Waals surface area contributed by atoms with Crippen molar-refractivity contribution in [2.75, 3.05) is 11.1 Å². The van der Waals surface area contributed by atoms with Gasteiger partial charge in [-0.1, -0.05) is 0 Å². The molecule has 0 aliphatic rings. The van der Waals surface area contributed by atoms with E-state index in [-0.39, 0.29) is 17.1 Å². The summed E-state index contributed by atoms with van der Waals surface area (Å²) in [5.74, 6) is -0.915. The summed E-state index contributed by atoms with van der Waals surface area (Å²) in [7, 11) is 0. The van der Waals surface area contributed by atoms with Crippen LogP contribution in [0.2, 0.25) is 0 Å². The average molecular weight is 311 g/mol. The number of aromatic nitrogens is 2. The van der Waals surface area contributed by atoms with Crippen LogP contribution in [0.1, 0.15) is 10.4 Å². The summed E-state index contributed by atoms with van der Waals surface area (Å²) in [6, 6.07) is 2.69. The van der Waals surface area contributed by atoms with Gasteiger partial charge in [0.15, 0.2) is 0 Å². The Morgan fingerprint density at radius 3 is 2.83 bits per heavy atom. The topological polar surface area (TPSA) is 80.9 Å². The number of nitrogen functional groups attached to an aromatic ring is 1. The van der Waals surface area contributed by atoms with E-state index in [0.29, 0.717) is 4.47 Å². The maximum Gasteiger partial charge on any atom is 0.259 e. The molecule has 5 nitrogen and oxygen atoms in total. The highest BCUT2D eigenvalue weighted by atomic mass is 79.9. The normalized spacial score (nSPS) is 10.1. The van der Waals surface area contributed by atoms with Crippen LogP contribution in [0.25, 0.3) is 0 Å². The highest BCUT2D eigenvalue weighted by Gasteiger charge is 2.12. The number of rotatable bonds is 2. The van der Waals surface area contributed by atoms with E-state index >= 15 is 0 Å². The summed E-state index contributed by atoms with van der Waals surface area (Å²) in [4.78, 5) is 19.4. The lowest BCUT2D eigenvalue weighted by molar-refractivity contribution is 0.102. The summed E-state index contributed by atoms with van der Waals surface area (Å²) in [5, 5.41) is 2.48. The van der Waals surface area contributed by atoms with Crippen LogP contribution >= 0.6 is 15.9 Å². The Labute approximate surface area is 110 Å². The molecule has 2 aromatic rings. The van der Waals surface area contributed by atoms with Gasteiger partial charge in [0.1, 0.15) is 11.6 Å². The second kappa shape index (κ2) is 5.09. The van der Waals surface area contributed by atoms with E-state index in [9.17, 15) is 9.18 Å². The molecule has 2 rings (SSSR count). The number of pyridine rings is 2. The van der Waals surface area contributed by atoms with Crippen molar-refractivity contribution in [3.8, 4) is 0 Å². The quantitative estimate of drug-likeness (QED) is 0.891. The van der Waals surface area contributed by atoms with Gasteiger partial charge in [-0.25, -0.2) is 9.37 Å². The van der Waals surface area contributed by atoms with E-state index in [2.05, 4.69) is 31.2 Å². The van der Waals surface area contributed by atoms with Gasteiger partial charge < -0.3 is 11.1 Å². The van der Waals surface area contributed by atoms with Crippen LogP contribution in [-0.4, -0.2) is 15.9 Å². The highest BCUT2D eigenvalue weighted by Crippen LogP contribution is 2.17. The SMILES string of the molecule is Nc1ncc(Br)cc1C(=O)Nc1cncc(F)c1. The van der Waals surface area contributed by atoms with Crippen molar-refractivity contribution in [1.29, 1.82) is 0 Å². The summed E-state index contributed by atoms with van der Waals surface area (Å²) >= 11 is 3.19. The monoisotopic (exact) mass is 310 g/mol. The molecule has 0 saturated carbocycles. The van der Waals surface area contributed by atoms with Crippen LogP contribution in [0.4, 0.5) is 15.9 Å². The first-order valence-corrected chi connectivity index (χ1v) is 5.68. The summed E-state index contributed by atoms with van der Waals surface area (Å²) in [5.41, 5.74) is 6.04. The first-order valence-electron chi connectivity index (χ1n) is 4.89. The van der Waals surface area contributed by atoms with Crippen molar-refractivity contribution >= 4 is 33.3 Å². The van der Waals surface area contributed by atoms with Crippen LogP contribution < -0.4 is 11.1 Å². The number of anilines is 2. The number of nitrogens with zero attached hydrogens (tertiary/aromatic N) is 2. The lowest BCUT2D eigenvalue weighted by Gasteiger charge is -2.06. The maximum absolute atomic E-state index is 12.9. The molecule has 2 aromatic heterocycles. The molecule has 0 unspecified atom stereocenters. The minimum absolute atomic E-state index is 0.0973. The summed E-state index contributed by atoms with van der Waals surface area (Å²) in [6.45, 7) is 0. The fourth-order valence-corrected chi connectivity index (χ4v) is 1.64. The molecule has 0 aliphatic carbocycles. The Hall–Kier alpha value is -2.02. The van der Waals surface area contributed by atoms with Crippen molar-refractivity contribution < 1.29 is 9.18 Å². The molecular formula is C11H8BrFN4O. The van der Waals surface area contributed by atoms with Gasteiger partial charge in [0.25, 0.3) is 5.91 Å². The number of amides is 1. The summed E-state index contributed by atoms with van der Waals surface area (Å²) < 4.78 is 13.5. The number of hydrogen-bond donors (Lipinski definition) is 2. The van der Waals surface area contributed by atoms with Crippen LogP contribution in [0.5, 0.6) is 0 Å². The molecule has 18 heavy (non-hydrogen) atoms. The fraction of sp³-hybridized carbons (Fsp3) is 0. The number of nitrogens with two attached hydrogens (primary N) is 1. The average Bonchev–Trinajstić information content (AvgIpc) is 2.32. The van der Waals surface area contributed by atoms with E-state index in [1.807, 2.05) is 0 Å². The first kappa shape index (κ1) is 12.4. The third-order valence-electron chi connectivity index (χ3n) is 2.09. The largest absolute Gasteiger partial charge is 0.383 e. The first-order chi connectivity index (χ1) is 8.56. The van der Waals surface area contributed by atoms with Gasteiger partial charge in [-0.15, -0.1) is 0 Å². The molecule has 3 N–H and O–H groups in total. The molecule has 0 aliphatic heterocycles. The van der Waals surface area contributed by atoms with Crippen molar-refractivity contribution in [1.82, 2.24) is 9.97 Å². The highest BCUT2D eigenvalue weighted by molar-refractivity contribution is 9.10. The zero-order chi connectivity index (χ0) is 13.1. The Morgan fingerprint density at radius 2 is 2.11 bits per heavy atom. The molecule has 0 fully saturated rings. The number of hydrogen-bond acceptors (Lipinski definition) is 4. The summed E-state index contributed by atoms with van der Waals surface area (Å²) in [6.07, 6.45) is 3.86. The zero-order valence-corrected chi connectivity index (χ0v) is 10.6. The minimum Gasteiger partial charge on any atom is -0.383 e. The van der Waals surface area contributed by atoms with E-state index < -0.39 is 11.7 Å². The van der Waals surface area contributed by atoms with Gasteiger partial charge in [-0.3, -0.25) is 9.78 Å². The van der Waals surface area contributed by atoms with Gasteiger partial charge in [-0.2, -0.15) is 0 Å². The Morgan fingerprint density at radius 1 is 1.33 bits per heavy atom. The van der Waals surface area contributed by atoms with Crippen molar-refractivity contribution in [3.05, 3.63) is 46.6 Å². The van der Waals surface area contributed by atoms with Crippen LogP contribution in [0.3, 0.4) is 0 Å². The van der Waals surface area contributed by atoms with Crippen LogP contribution in [0.15, 0.2) is 35.2 Å². The molecule has 0 aromatic carbocycles. The fourth-order valence-electron chi connectivity index (χ4n) is 1.31. The third kappa shape index (κ3) is 2.80. The molecule has 1 amide bonds. The van der Waals surface area contributed by atoms with Crippen molar-refractivity contribution in [3.63, 3.8) is 0 Å². The smallest absolute Gasteiger partial charge is 0.259 e. The second-order valence-electron chi connectivity index (χ2n) is 3.43. The predicted molar refractivity (Wildman–Crippen MR) is 68.5 cm³/mol. The van der Waals surface area contributed by atoms with Crippen LogP contribution in [-0.2, 0) is 0 Å². The van der Waals surface area contributed by atoms with E-state index in [1.165, 1.54) is 18.5 Å². The Kier molecular flexibility index (Phi) is 3.52. The van der Waals surface area contributed by atoms with E-state index in [4.69, 9.17) is 5.73 Å². The molecule has 0 atom stereocenters. The lowest BCUT2D eigenvalue weighted by atomic mass is 10.2. The Balaban J connectivity index is 2.24. The molecule has 7 heteroatoms. The predicted octanol–water partition coefficient (Wildman–Crippen LogP) is 2.21. The third-order valence-corrected chi connectivity index (χ3v) is 2.53. The number of carbonyl (C=O) groups excluding carboxylic acids is 1. The van der Waals surface area contributed by atoms with Crippen molar-refractivity contribution in [2.45, 2.75) is 0 Å². The molecular weight excluding hydrogens is 303 g/mol. The zero-order valence-electron chi connectivity index (χ0n) is 9.02. The van der Waals surface area contributed by atoms with E-state index in [1.54, 1.807) is 0 Å². The van der Waals surface area contributed by atoms with Gasteiger partial charge >= 0.3 is 0 Å². The molecule has 0 bridgehead atoms. The van der Waals surface area contributed by atoms with Gasteiger partial charge in [0.2, 0.25) is 0 Å². The number of carbonyl (C=O) groups is 1.